The molecule has 0 radical (unpaired) electrons. The molecule has 0 saturated heterocycles. The Labute approximate surface area is 227 Å². The van der Waals surface area contributed by atoms with E-state index in [1.165, 1.54) is 121 Å². The van der Waals surface area contributed by atoms with Crippen LogP contribution in [0.2, 0.25) is 0 Å². The number of allylic oxidation sites excluding steroid dienone is 6. The van der Waals surface area contributed by atoms with E-state index in [0.717, 1.165) is 23.4 Å². The Balaban J connectivity index is 0.000000394. The van der Waals surface area contributed by atoms with E-state index in [2.05, 4.69) is 37.8 Å². The van der Waals surface area contributed by atoms with Gasteiger partial charge >= 0.3 is 0 Å². The third-order valence-electron chi connectivity index (χ3n) is 8.53. The topological polar surface area (TPSA) is 12.4 Å². The predicted molar refractivity (Wildman–Crippen MR) is 151 cm³/mol. The molecule has 34 heavy (non-hydrogen) atoms. The van der Waals surface area contributed by atoms with E-state index < -0.39 is 7.05 Å². The van der Waals surface area contributed by atoms with E-state index in [-0.39, 0.29) is 21.7 Å². The molecule has 0 aromatic carbocycles. The van der Waals surface area contributed by atoms with Crippen molar-refractivity contribution < 1.29 is 21.7 Å². The Bertz CT molecular complexity index is 649. The van der Waals surface area contributed by atoms with Crippen LogP contribution in [0, 0.1) is 0 Å². The number of rotatable bonds is 8. The van der Waals surface area contributed by atoms with Crippen molar-refractivity contribution in [3.63, 3.8) is 0 Å². The van der Waals surface area contributed by atoms with Crippen LogP contribution in [-0.4, -0.2) is 17.0 Å². The minimum Gasteiger partial charge on any atom is -0.271 e. The summed E-state index contributed by atoms with van der Waals surface area (Å²) in [7, 11) is -1.25. The molecule has 3 fully saturated rings. The summed E-state index contributed by atoms with van der Waals surface area (Å²) < 4.78 is 5.89. The maximum absolute atomic E-state index is 5.89. The van der Waals surface area contributed by atoms with Crippen LogP contribution in [0.4, 0.5) is 0 Å². The molecule has 0 spiro atoms. The summed E-state index contributed by atoms with van der Waals surface area (Å²) >= 11 is 0. The first-order valence-electron chi connectivity index (χ1n) is 14.6. The van der Waals surface area contributed by atoms with Crippen LogP contribution in [-0.2, 0) is 21.7 Å². The molecule has 0 bridgehead atoms. The molecule has 4 aliphatic rings. The van der Waals surface area contributed by atoms with E-state index >= 15 is 0 Å². The first kappa shape index (κ1) is 30.1. The van der Waals surface area contributed by atoms with Gasteiger partial charge in [0.15, 0.2) is 0 Å². The van der Waals surface area contributed by atoms with Crippen molar-refractivity contribution in [1.82, 2.24) is 0 Å². The molecule has 0 amide bonds. The minimum absolute atomic E-state index is 0. The number of hydrogen-bond acceptors (Lipinski definition) is 1. The normalized spacial score (nSPS) is 22.6. The Morgan fingerprint density at radius 2 is 1.35 bits per heavy atom. The second-order valence-electron chi connectivity index (χ2n) is 10.9. The maximum atomic E-state index is 5.89. The van der Waals surface area contributed by atoms with Crippen molar-refractivity contribution in [2.75, 3.05) is 0 Å². The molecule has 0 atom stereocenters. The smallest absolute Gasteiger partial charge is 0.0425 e. The van der Waals surface area contributed by atoms with Gasteiger partial charge in [0, 0.05) is 33.8 Å². The summed E-state index contributed by atoms with van der Waals surface area (Å²) in [5.41, 5.74) is 4.40. The van der Waals surface area contributed by atoms with Crippen LogP contribution in [0.5, 0.6) is 0 Å². The molecule has 4 aliphatic carbocycles. The first-order valence-corrected chi connectivity index (χ1v) is 16.5. The molecule has 0 aromatic rings. The van der Waals surface area contributed by atoms with Crippen molar-refractivity contribution in [2.24, 2.45) is 4.74 Å². The van der Waals surface area contributed by atoms with Gasteiger partial charge in [-0.3, -0.25) is 4.74 Å². The molecule has 3 heteroatoms. The van der Waals surface area contributed by atoms with Crippen molar-refractivity contribution >= 4 is 7.05 Å². The van der Waals surface area contributed by atoms with Crippen LogP contribution >= 0.6 is 7.05 Å². The molecule has 1 nitrogen and oxygen atoms in total. The van der Waals surface area contributed by atoms with Crippen molar-refractivity contribution in [3.05, 3.63) is 48.7 Å². The second-order valence-corrected chi connectivity index (χ2v) is 14.8. The summed E-state index contributed by atoms with van der Waals surface area (Å²) in [5, 5.41) is 0. The zero-order chi connectivity index (χ0) is 23.2. The third kappa shape index (κ3) is 8.78. The predicted octanol–water partition coefficient (Wildman–Crippen LogP) is 10.9. The molecule has 0 N–H and O–H groups in total. The zero-order valence-electron chi connectivity index (χ0n) is 22.2. The Hall–Kier alpha value is -0.0957. The van der Waals surface area contributed by atoms with Crippen molar-refractivity contribution in [1.29, 1.82) is 0 Å². The summed E-state index contributed by atoms with van der Waals surface area (Å²) in [5.74, 6) is 0. The number of hydrogen-bond donors (Lipinski definition) is 0. The quantitative estimate of drug-likeness (QED) is 0.131. The molecule has 4 rings (SSSR count). The third-order valence-corrected chi connectivity index (χ3v) is 14.2. The van der Waals surface area contributed by atoms with Crippen LogP contribution in [0.3, 0.4) is 0 Å². The second kappa shape index (κ2) is 17.4. The van der Waals surface area contributed by atoms with E-state index in [9.17, 15) is 0 Å². The van der Waals surface area contributed by atoms with Gasteiger partial charge in [-0.15, -0.1) is 0 Å². The van der Waals surface area contributed by atoms with Gasteiger partial charge in [0.1, 0.15) is 0 Å². The monoisotopic (exact) mass is 517 g/mol. The fraction of sp³-hybridized carbons (Fsp3) is 0.742. The van der Waals surface area contributed by atoms with Gasteiger partial charge < -0.3 is 0 Å². The van der Waals surface area contributed by atoms with Crippen LogP contribution < -0.4 is 0 Å². The molecule has 0 aliphatic heterocycles. The van der Waals surface area contributed by atoms with Gasteiger partial charge in [-0.2, -0.15) is 0 Å². The SMILES string of the molecule is C1=CCC(N=P(C2CCCCC2)(C2CCCCC2)C2CCCCC2)=C1.C=CC=CCCCC.[Ti]. The number of nitrogens with zero attached hydrogens (tertiary/aromatic N) is 1. The Morgan fingerprint density at radius 1 is 0.853 bits per heavy atom. The summed E-state index contributed by atoms with van der Waals surface area (Å²) in [6.07, 6.45) is 40.2. The van der Waals surface area contributed by atoms with Gasteiger partial charge in [-0.25, -0.2) is 0 Å². The average molecular weight is 518 g/mol. The molecule has 190 valence electrons. The summed E-state index contributed by atoms with van der Waals surface area (Å²) in [6, 6.07) is 0. The van der Waals surface area contributed by atoms with Crippen LogP contribution in [0.15, 0.2) is 53.5 Å². The van der Waals surface area contributed by atoms with Crippen molar-refractivity contribution in [3.8, 4) is 0 Å². The van der Waals surface area contributed by atoms with Gasteiger partial charge in [-0.1, -0.05) is 115 Å². The molecule has 3 saturated carbocycles. The minimum atomic E-state index is -1.25. The van der Waals surface area contributed by atoms with Crippen molar-refractivity contribution in [2.45, 2.75) is 146 Å². The number of unbranched alkanes of at least 4 members (excludes halogenated alkanes) is 2. The van der Waals surface area contributed by atoms with E-state index in [0.29, 0.717) is 0 Å². The molecular formula is C31H52NPTi. The largest absolute Gasteiger partial charge is 0.271 e. The van der Waals surface area contributed by atoms with Gasteiger partial charge in [0.2, 0.25) is 0 Å². The summed E-state index contributed by atoms with van der Waals surface area (Å²) in [4.78, 5) is 0. The van der Waals surface area contributed by atoms with Gasteiger partial charge in [0.25, 0.3) is 0 Å². The van der Waals surface area contributed by atoms with Gasteiger partial charge in [-0.05, 0) is 75.1 Å². The zero-order valence-corrected chi connectivity index (χ0v) is 24.7. The average Bonchev–Trinajstić information content (AvgIpc) is 3.40. The Morgan fingerprint density at radius 3 is 1.74 bits per heavy atom. The van der Waals surface area contributed by atoms with Crippen LogP contribution in [0.25, 0.3) is 0 Å². The molecule has 0 unspecified atom stereocenters. The maximum Gasteiger partial charge on any atom is 0.0425 e. The van der Waals surface area contributed by atoms with E-state index in [1.54, 1.807) is 0 Å². The van der Waals surface area contributed by atoms with Crippen LogP contribution in [0.1, 0.15) is 129 Å². The standard InChI is InChI=1S/C23H38NP.C8H14.Ti/c1-4-14-21(15-5-1)25(22-16-6-2-7-17-22,23-18-8-3-9-19-23)24-20-12-10-11-13-20;1-3-5-7-8-6-4-2;/h10-12,21-23H,1-9,13-19H2;3,5,7H,1,4,6,8H2,2H3;. The molecule has 0 aromatic heterocycles. The molecular weight excluding hydrogens is 465 g/mol. The van der Waals surface area contributed by atoms with Gasteiger partial charge in [0.05, 0.1) is 0 Å². The van der Waals surface area contributed by atoms with E-state index in [1.807, 2.05) is 12.2 Å². The van der Waals surface area contributed by atoms with E-state index in [4.69, 9.17) is 4.74 Å². The summed E-state index contributed by atoms with van der Waals surface area (Å²) in [6.45, 7) is 5.77. The fourth-order valence-electron chi connectivity index (χ4n) is 6.87. The molecule has 0 heterocycles. The fourth-order valence-corrected chi connectivity index (χ4v) is 13.3. The first-order chi connectivity index (χ1) is 16.3. The Kier molecular flexibility index (Phi) is 15.4.